The summed E-state index contributed by atoms with van der Waals surface area (Å²) in [7, 11) is -3.89. The lowest BCUT2D eigenvalue weighted by Gasteiger charge is -2.30. The van der Waals surface area contributed by atoms with Gasteiger partial charge in [0, 0.05) is 41.3 Å². The van der Waals surface area contributed by atoms with Crippen LogP contribution in [0.2, 0.25) is 5.02 Å². The maximum absolute atomic E-state index is 13.6. The van der Waals surface area contributed by atoms with Crippen molar-refractivity contribution in [1.29, 1.82) is 0 Å². The topological polar surface area (TPSA) is 144 Å². The number of para-hydroxylation sites is 1. The first-order valence-corrected chi connectivity index (χ1v) is 17.9. The summed E-state index contributed by atoms with van der Waals surface area (Å²) < 4.78 is 33.9. The van der Waals surface area contributed by atoms with E-state index < -0.39 is 21.7 Å². The zero-order valence-corrected chi connectivity index (χ0v) is 28.9. The molecule has 5 rings (SSSR count). The van der Waals surface area contributed by atoms with Gasteiger partial charge >= 0.3 is 6.09 Å². The molecular weight excluding hydrogens is 652 g/mol. The van der Waals surface area contributed by atoms with E-state index in [0.29, 0.717) is 52.9 Å². The number of carbonyl (C=O) groups excluding carboxylic acids is 2. The fourth-order valence-electron chi connectivity index (χ4n) is 5.58. The van der Waals surface area contributed by atoms with Crippen LogP contribution in [0.15, 0.2) is 84.0 Å². The molecule has 3 N–H and O–H groups in total. The summed E-state index contributed by atoms with van der Waals surface area (Å²) in [5, 5.41) is 10.1. The largest absolute Gasteiger partial charge is 0.444 e. The molecule has 2 heterocycles. The summed E-state index contributed by atoms with van der Waals surface area (Å²) in [6.07, 6.45) is 6.70. The lowest BCUT2D eigenvalue weighted by atomic mass is 9.90. The second-order valence-corrected chi connectivity index (χ2v) is 14.7. The summed E-state index contributed by atoms with van der Waals surface area (Å²) in [5.41, 5.74) is 1.28. The molecule has 254 valence electrons. The second kappa shape index (κ2) is 14.8. The van der Waals surface area contributed by atoms with Crippen LogP contribution in [0.1, 0.15) is 59.3 Å². The molecule has 0 bridgehead atoms. The maximum Gasteiger partial charge on any atom is 0.407 e. The SMILES string of the molecule is C=C(CCNC(=O)OC(C)(C)CC)C(=O)N[C@H]1CCC[C@@H](Nc2ncc(Cl)c(-c3cn(S(=O)(=O)c4ccccc4)c4ccccc34)n2)C1. The van der Waals surface area contributed by atoms with Crippen molar-refractivity contribution in [3.05, 3.63) is 84.2 Å². The molecule has 2 aromatic heterocycles. The number of hydrogen-bond donors (Lipinski definition) is 3. The molecule has 4 aromatic rings. The van der Waals surface area contributed by atoms with Gasteiger partial charge in [0.25, 0.3) is 10.0 Å². The number of ether oxygens (including phenoxy) is 1. The molecule has 0 saturated heterocycles. The minimum Gasteiger partial charge on any atom is -0.444 e. The van der Waals surface area contributed by atoms with Gasteiger partial charge in [0.15, 0.2) is 0 Å². The Labute approximate surface area is 286 Å². The number of fused-ring (bicyclic) bond motifs is 1. The fraction of sp³-hybridized carbons (Fsp3) is 0.371. The van der Waals surface area contributed by atoms with Crippen LogP contribution in [0.4, 0.5) is 10.7 Å². The van der Waals surface area contributed by atoms with Crippen LogP contribution in [0, 0.1) is 0 Å². The molecule has 2 atom stereocenters. The smallest absolute Gasteiger partial charge is 0.407 e. The minimum absolute atomic E-state index is 0.0236. The van der Waals surface area contributed by atoms with E-state index in [4.69, 9.17) is 21.3 Å². The molecule has 1 fully saturated rings. The molecule has 13 heteroatoms. The number of halogens is 1. The highest BCUT2D eigenvalue weighted by atomic mass is 35.5. The van der Waals surface area contributed by atoms with E-state index in [0.717, 1.165) is 19.3 Å². The average Bonchev–Trinajstić information content (AvgIpc) is 3.46. The van der Waals surface area contributed by atoms with Crippen LogP contribution in [0.5, 0.6) is 0 Å². The number of anilines is 1. The molecule has 0 radical (unpaired) electrons. The fourth-order valence-corrected chi connectivity index (χ4v) is 7.16. The van der Waals surface area contributed by atoms with Gasteiger partial charge in [0.1, 0.15) is 5.60 Å². The lowest BCUT2D eigenvalue weighted by molar-refractivity contribution is -0.118. The second-order valence-electron chi connectivity index (χ2n) is 12.5. The van der Waals surface area contributed by atoms with Crippen molar-refractivity contribution < 1.29 is 22.7 Å². The van der Waals surface area contributed by atoms with Gasteiger partial charge in [-0.15, -0.1) is 0 Å². The first-order chi connectivity index (χ1) is 22.9. The van der Waals surface area contributed by atoms with E-state index in [-0.39, 0.29) is 34.5 Å². The highest BCUT2D eigenvalue weighted by molar-refractivity contribution is 7.90. The number of rotatable bonds is 12. The molecule has 0 unspecified atom stereocenters. The monoisotopic (exact) mass is 692 g/mol. The third-order valence-electron chi connectivity index (χ3n) is 8.56. The lowest BCUT2D eigenvalue weighted by Crippen LogP contribution is -2.42. The summed E-state index contributed by atoms with van der Waals surface area (Å²) in [6, 6.07) is 15.4. The molecular formula is C35H41ClN6O5S. The Bertz CT molecular complexity index is 1910. The molecule has 1 saturated carbocycles. The molecule has 0 spiro atoms. The third kappa shape index (κ3) is 8.16. The van der Waals surface area contributed by atoms with Crippen molar-refractivity contribution >= 4 is 50.5 Å². The Kier molecular flexibility index (Phi) is 10.7. The predicted octanol–water partition coefficient (Wildman–Crippen LogP) is 6.69. The van der Waals surface area contributed by atoms with Gasteiger partial charge in [-0.25, -0.2) is 27.2 Å². The number of nitrogens with zero attached hydrogens (tertiary/aromatic N) is 3. The van der Waals surface area contributed by atoms with Crippen LogP contribution in [0.3, 0.4) is 0 Å². The first kappa shape index (κ1) is 34.9. The van der Waals surface area contributed by atoms with Crippen LogP contribution in [-0.4, -0.2) is 58.6 Å². The Morgan fingerprint density at radius 2 is 1.79 bits per heavy atom. The van der Waals surface area contributed by atoms with E-state index in [1.807, 2.05) is 32.9 Å². The van der Waals surface area contributed by atoms with Crippen LogP contribution < -0.4 is 16.0 Å². The number of carbonyl (C=O) groups is 2. The molecule has 11 nitrogen and oxygen atoms in total. The third-order valence-corrected chi connectivity index (χ3v) is 10.5. The number of benzene rings is 2. The molecule has 1 aliphatic rings. The van der Waals surface area contributed by atoms with Crippen molar-refractivity contribution in [3.63, 3.8) is 0 Å². The van der Waals surface area contributed by atoms with E-state index in [1.54, 1.807) is 48.7 Å². The quantitative estimate of drug-likeness (QED) is 0.139. The van der Waals surface area contributed by atoms with Gasteiger partial charge in [0.05, 0.1) is 27.3 Å². The van der Waals surface area contributed by atoms with Crippen molar-refractivity contribution in [2.45, 2.75) is 81.9 Å². The van der Waals surface area contributed by atoms with Crippen molar-refractivity contribution in [1.82, 2.24) is 24.6 Å². The number of alkyl carbamates (subject to hydrolysis) is 1. The van der Waals surface area contributed by atoms with Crippen molar-refractivity contribution in [2.75, 3.05) is 11.9 Å². The van der Waals surface area contributed by atoms with Crippen LogP contribution in [-0.2, 0) is 19.6 Å². The van der Waals surface area contributed by atoms with Crippen LogP contribution >= 0.6 is 11.6 Å². The molecule has 2 aromatic carbocycles. The standard InChI is InChI=1S/C35H41ClN6O5S/c1-5-35(3,4)47-34(44)37-19-18-23(2)32(43)39-24-12-11-13-25(20-24)40-33-38-21-29(36)31(41-33)28-22-42(30-17-10-9-16-27(28)30)48(45,46)26-14-7-6-8-15-26/h6-10,14-17,21-22,24-25H,2,5,11-13,18-20H2,1,3-4H3,(H,37,44)(H,39,43)(H,38,40,41)/t24-,25+/m0/s1. The Hall–Kier alpha value is -4.42. The molecule has 1 aliphatic carbocycles. The zero-order valence-electron chi connectivity index (χ0n) is 27.3. The number of nitrogens with one attached hydrogen (secondary N) is 3. The van der Waals surface area contributed by atoms with Crippen molar-refractivity contribution in [3.8, 4) is 11.3 Å². The van der Waals surface area contributed by atoms with Gasteiger partial charge in [-0.2, -0.15) is 0 Å². The summed E-state index contributed by atoms with van der Waals surface area (Å²) in [4.78, 5) is 34.2. The van der Waals surface area contributed by atoms with Gasteiger partial charge in [-0.1, -0.05) is 61.5 Å². The summed E-state index contributed by atoms with van der Waals surface area (Å²) in [5.74, 6) is 0.0966. The van der Waals surface area contributed by atoms with Crippen LogP contribution in [0.25, 0.3) is 22.2 Å². The molecule has 0 aliphatic heterocycles. The Morgan fingerprint density at radius 3 is 2.54 bits per heavy atom. The number of aromatic nitrogens is 3. The van der Waals surface area contributed by atoms with E-state index >= 15 is 0 Å². The summed E-state index contributed by atoms with van der Waals surface area (Å²) in [6.45, 7) is 9.76. The highest BCUT2D eigenvalue weighted by Gasteiger charge is 2.27. The zero-order chi connectivity index (χ0) is 34.5. The summed E-state index contributed by atoms with van der Waals surface area (Å²) >= 11 is 6.62. The van der Waals surface area contributed by atoms with Gasteiger partial charge in [-0.05, 0) is 70.6 Å². The highest BCUT2D eigenvalue weighted by Crippen LogP contribution is 2.36. The van der Waals surface area contributed by atoms with Crippen molar-refractivity contribution in [2.24, 2.45) is 0 Å². The average molecular weight is 693 g/mol. The van der Waals surface area contributed by atoms with E-state index in [1.165, 1.54) is 10.2 Å². The maximum atomic E-state index is 13.6. The number of hydrogen-bond acceptors (Lipinski definition) is 8. The van der Waals surface area contributed by atoms with E-state index in [9.17, 15) is 18.0 Å². The van der Waals surface area contributed by atoms with E-state index in [2.05, 4.69) is 27.5 Å². The minimum atomic E-state index is -3.89. The Morgan fingerprint density at radius 1 is 1.08 bits per heavy atom. The molecule has 48 heavy (non-hydrogen) atoms. The molecule has 2 amide bonds. The first-order valence-electron chi connectivity index (χ1n) is 16.0. The van der Waals surface area contributed by atoms with Gasteiger partial charge in [0.2, 0.25) is 11.9 Å². The predicted molar refractivity (Wildman–Crippen MR) is 187 cm³/mol. The van der Waals surface area contributed by atoms with Gasteiger partial charge in [-0.3, -0.25) is 4.79 Å². The number of amides is 2. The normalized spacial score (nSPS) is 16.7. The van der Waals surface area contributed by atoms with Gasteiger partial charge < -0.3 is 20.7 Å². The Balaban J connectivity index is 1.25.